The fraction of sp³-hybridized carbons (Fsp3) is 0.514. The third kappa shape index (κ3) is 5.44. The maximum absolute atomic E-state index is 14.9. The molecule has 0 aromatic heterocycles. The summed E-state index contributed by atoms with van der Waals surface area (Å²) < 4.78 is 0. The zero-order valence-corrected chi connectivity index (χ0v) is 28.7. The van der Waals surface area contributed by atoms with Gasteiger partial charge in [0.25, 0.3) is 0 Å². The number of nitrogens with zero attached hydrogens (tertiary/aromatic N) is 4. The number of Topliss-reactive ketones (excluding diaryl/α,β-unsaturated/α-hetero) is 1. The Morgan fingerprint density at radius 2 is 1.69 bits per heavy atom. The van der Waals surface area contributed by atoms with Crippen molar-refractivity contribution in [1.29, 1.82) is 0 Å². The number of piperazine rings is 1. The van der Waals surface area contributed by atoms with Gasteiger partial charge < -0.3 is 15.1 Å². The van der Waals surface area contributed by atoms with Crippen LogP contribution in [0, 0.1) is 5.92 Å². The van der Waals surface area contributed by atoms with Crippen molar-refractivity contribution in [2.24, 2.45) is 10.9 Å². The number of amides is 1. The minimum absolute atomic E-state index is 0.0205. The molecule has 0 bridgehead atoms. The van der Waals surface area contributed by atoms with Crippen LogP contribution in [0.2, 0.25) is 10.0 Å². The summed E-state index contributed by atoms with van der Waals surface area (Å²) in [5.41, 5.74) is 2.42. The first-order valence-corrected chi connectivity index (χ1v) is 17.7. The number of rotatable bonds is 7. The number of likely N-dealkylation sites (tertiary alicyclic amines) is 1. The number of aliphatic imine (C=N–C) groups is 1. The van der Waals surface area contributed by atoms with E-state index in [1.807, 2.05) is 41.3 Å². The molecule has 2 saturated heterocycles. The second-order valence-corrected chi connectivity index (χ2v) is 15.7. The summed E-state index contributed by atoms with van der Waals surface area (Å²) in [6, 6.07) is 14.9. The Morgan fingerprint density at radius 3 is 2.29 bits per heavy atom. The van der Waals surface area contributed by atoms with E-state index < -0.39 is 11.6 Å². The van der Waals surface area contributed by atoms with Crippen LogP contribution in [0.4, 0.5) is 0 Å². The van der Waals surface area contributed by atoms with E-state index >= 15 is 0 Å². The summed E-state index contributed by atoms with van der Waals surface area (Å²) in [5, 5.41) is 5.74. The van der Waals surface area contributed by atoms with Gasteiger partial charge in [0.15, 0.2) is 17.0 Å². The van der Waals surface area contributed by atoms with Crippen LogP contribution in [0.25, 0.3) is 0 Å². The molecular weight excluding hydrogens is 625 g/mol. The molecule has 4 heterocycles. The molecule has 0 radical (unpaired) electrons. The van der Waals surface area contributed by atoms with Crippen LogP contribution in [0.5, 0.6) is 0 Å². The normalized spacial score (nSPS) is 28.2. The lowest BCUT2D eigenvalue weighted by Crippen LogP contribution is -2.60. The summed E-state index contributed by atoms with van der Waals surface area (Å²) >= 11 is 14.1. The predicted molar refractivity (Wildman–Crippen MR) is 182 cm³/mol. The van der Waals surface area contributed by atoms with E-state index in [0.29, 0.717) is 28.0 Å². The van der Waals surface area contributed by atoms with Crippen LogP contribution in [0.1, 0.15) is 70.5 Å². The molecule has 238 valence electrons. The monoisotopic (exact) mass is 665 g/mol. The first kappa shape index (κ1) is 31.3. The van der Waals surface area contributed by atoms with Crippen LogP contribution in [0.3, 0.4) is 0 Å². The molecule has 45 heavy (non-hydrogen) atoms. The molecule has 2 aromatic carbocycles. The summed E-state index contributed by atoms with van der Waals surface area (Å²) in [6.07, 6.45) is 4.15. The molecule has 1 saturated carbocycles. The topological polar surface area (TPSA) is 68.2 Å². The average molecular weight is 667 g/mol. The highest BCUT2D eigenvalue weighted by Gasteiger charge is 2.55. The number of thioether (sulfide) groups is 1. The molecule has 2 aromatic rings. The summed E-state index contributed by atoms with van der Waals surface area (Å²) in [5.74, 6) is -0.120. The first-order valence-electron chi connectivity index (χ1n) is 16.2. The maximum atomic E-state index is 14.9. The van der Waals surface area contributed by atoms with Gasteiger partial charge in [-0.15, -0.1) is 0 Å². The molecule has 4 atom stereocenters. The van der Waals surface area contributed by atoms with Crippen molar-refractivity contribution in [3.05, 3.63) is 80.3 Å². The molecule has 5 aliphatic rings. The smallest absolute Gasteiger partial charge is 0.248 e. The van der Waals surface area contributed by atoms with E-state index in [1.165, 1.54) is 11.8 Å². The van der Waals surface area contributed by atoms with Crippen LogP contribution in [-0.4, -0.2) is 75.4 Å². The summed E-state index contributed by atoms with van der Waals surface area (Å²) in [7, 11) is 0. The van der Waals surface area contributed by atoms with Crippen molar-refractivity contribution < 1.29 is 9.59 Å². The number of benzene rings is 2. The fourth-order valence-electron chi connectivity index (χ4n) is 7.76. The number of nitrogens with one attached hydrogen (secondary N) is 1. The second kappa shape index (κ2) is 11.7. The van der Waals surface area contributed by atoms with E-state index in [9.17, 15) is 9.59 Å². The molecule has 4 aliphatic heterocycles. The van der Waals surface area contributed by atoms with E-state index in [4.69, 9.17) is 28.2 Å². The van der Waals surface area contributed by atoms with Gasteiger partial charge in [-0.25, -0.2) is 4.99 Å². The number of hydrogen-bond donors (Lipinski definition) is 1. The van der Waals surface area contributed by atoms with Gasteiger partial charge in [0, 0.05) is 47.0 Å². The van der Waals surface area contributed by atoms with Crippen molar-refractivity contribution in [3.63, 3.8) is 0 Å². The van der Waals surface area contributed by atoms with Gasteiger partial charge >= 0.3 is 0 Å². The Morgan fingerprint density at radius 1 is 1.02 bits per heavy atom. The van der Waals surface area contributed by atoms with Crippen LogP contribution < -0.4 is 5.32 Å². The highest BCUT2D eigenvalue weighted by atomic mass is 35.5. The minimum Gasteiger partial charge on any atom is -0.338 e. The highest BCUT2D eigenvalue weighted by molar-refractivity contribution is 8.18. The van der Waals surface area contributed by atoms with Gasteiger partial charge in [0.2, 0.25) is 5.91 Å². The summed E-state index contributed by atoms with van der Waals surface area (Å²) in [6.45, 7) is 11.4. The number of amidine groups is 1. The molecule has 1 spiro atoms. The van der Waals surface area contributed by atoms with Crippen molar-refractivity contribution in [2.45, 2.75) is 82.6 Å². The predicted octanol–water partition coefficient (Wildman–Crippen LogP) is 6.62. The van der Waals surface area contributed by atoms with E-state index in [-0.39, 0.29) is 35.2 Å². The zero-order valence-electron chi connectivity index (χ0n) is 26.4. The van der Waals surface area contributed by atoms with Gasteiger partial charge in [-0.2, -0.15) is 0 Å². The quantitative estimate of drug-likeness (QED) is 0.335. The number of carbonyl (C=O) groups is 2. The number of allylic oxidation sites excluding steroid dienone is 1. The number of fused-ring (bicyclic) bond motifs is 1. The van der Waals surface area contributed by atoms with Crippen LogP contribution >= 0.6 is 35.0 Å². The van der Waals surface area contributed by atoms with Gasteiger partial charge in [0.1, 0.15) is 5.54 Å². The molecule has 3 fully saturated rings. The average Bonchev–Trinajstić information content (AvgIpc) is 3.30. The molecule has 2 unspecified atom stereocenters. The Kier molecular flexibility index (Phi) is 8.13. The van der Waals surface area contributed by atoms with Crippen molar-refractivity contribution in [1.82, 2.24) is 20.0 Å². The number of carbonyl (C=O) groups excluding carboxylic acids is 2. The third-order valence-electron chi connectivity index (χ3n) is 10.4. The second-order valence-electron chi connectivity index (χ2n) is 13.8. The lowest BCUT2D eigenvalue weighted by molar-refractivity contribution is -0.143. The lowest BCUT2D eigenvalue weighted by Gasteiger charge is -2.39. The molecule has 7 rings (SSSR count). The van der Waals surface area contributed by atoms with E-state index in [2.05, 4.69) is 54.9 Å². The molecule has 1 N–H and O–H groups in total. The Hall–Kier alpha value is -2.36. The number of halogens is 2. The van der Waals surface area contributed by atoms with Crippen LogP contribution in [0.15, 0.2) is 64.1 Å². The van der Waals surface area contributed by atoms with E-state index in [1.54, 1.807) is 0 Å². The van der Waals surface area contributed by atoms with Crippen molar-refractivity contribution in [2.75, 3.05) is 26.2 Å². The van der Waals surface area contributed by atoms with Gasteiger partial charge in [-0.05, 0) is 99.1 Å². The first-order chi connectivity index (χ1) is 21.5. The van der Waals surface area contributed by atoms with Gasteiger partial charge in [-0.1, -0.05) is 61.3 Å². The molecule has 7 nitrogen and oxygen atoms in total. The van der Waals surface area contributed by atoms with Gasteiger partial charge in [0.05, 0.1) is 10.9 Å². The van der Waals surface area contributed by atoms with E-state index in [0.717, 1.165) is 60.8 Å². The Labute approximate surface area is 280 Å². The number of ketones is 1. The maximum Gasteiger partial charge on any atom is 0.248 e. The molecule has 1 amide bonds. The van der Waals surface area contributed by atoms with Crippen molar-refractivity contribution >= 4 is 51.8 Å². The Bertz CT molecular complexity index is 1570. The third-order valence-corrected chi connectivity index (χ3v) is 11.9. The summed E-state index contributed by atoms with van der Waals surface area (Å²) in [4.78, 5) is 41.8. The SMILES string of the molecule is CC(C)C1=C(C(=O)C(C(=O)N2CCNC3(CC3)C2)N2CCCC2C)SC2=N[C@@](C)(c3ccc(Cl)cc3)[C@@H](c3ccc(Cl)cc3)N21. The zero-order chi connectivity index (χ0) is 31.7. The largest absolute Gasteiger partial charge is 0.338 e. The standard InChI is InChI=1S/C35H41Cl2N5O2S/c1-21(2)27-30(29(43)28(41-18-5-6-22(41)3)32(44)40-19-17-38-35(20-40)15-16-35)45-33-39-34(4,24-9-13-26(37)14-10-24)31(42(27)33)23-7-11-25(36)12-8-23/h7-14,21-22,28,31,38H,5-6,15-20H2,1-4H3/t22?,28?,31-,34+/m1/s1. The number of hydrogen-bond acceptors (Lipinski definition) is 7. The molecule has 10 heteroatoms. The minimum atomic E-state index is -0.829. The molecule has 1 aliphatic carbocycles. The van der Waals surface area contributed by atoms with Crippen molar-refractivity contribution in [3.8, 4) is 0 Å². The molecular formula is C35H41Cl2N5O2S. The Balaban J connectivity index is 1.31. The lowest BCUT2D eigenvalue weighted by atomic mass is 9.81. The van der Waals surface area contributed by atoms with Crippen LogP contribution in [-0.2, 0) is 15.1 Å². The highest BCUT2D eigenvalue weighted by Crippen LogP contribution is 2.56. The van der Waals surface area contributed by atoms with Gasteiger partial charge in [-0.3, -0.25) is 14.5 Å². The fourth-order valence-corrected chi connectivity index (χ4v) is 9.38.